The van der Waals surface area contributed by atoms with E-state index in [1.807, 2.05) is 69.3 Å². The number of amides is 1. The zero-order valence-corrected chi connectivity index (χ0v) is 22.4. The molecular formula is C30H40N2O5. The molecule has 3 atom stereocenters. The smallest absolute Gasteiger partial charge is 0.326 e. The first-order chi connectivity index (χ1) is 17.7. The number of nitrogens with zero attached hydrogens (tertiary/aromatic N) is 1. The molecule has 0 saturated carbocycles. The number of rotatable bonds is 10. The monoisotopic (exact) mass is 508 g/mol. The van der Waals surface area contributed by atoms with Gasteiger partial charge in [0, 0.05) is 12.5 Å². The van der Waals surface area contributed by atoms with Crippen LogP contribution in [0.4, 0.5) is 0 Å². The Hall–Kier alpha value is -3.19. The quantitative estimate of drug-likeness (QED) is 0.483. The fraction of sp³-hybridized carbons (Fsp3) is 0.500. The van der Waals surface area contributed by atoms with Crippen molar-refractivity contribution in [2.45, 2.75) is 77.0 Å². The van der Waals surface area contributed by atoms with Crippen LogP contribution < -0.4 is 5.32 Å². The van der Waals surface area contributed by atoms with E-state index >= 15 is 0 Å². The van der Waals surface area contributed by atoms with Crippen molar-refractivity contribution in [2.24, 2.45) is 0 Å². The molecule has 37 heavy (non-hydrogen) atoms. The summed E-state index contributed by atoms with van der Waals surface area (Å²) in [6.45, 7) is 7.74. The first kappa shape index (κ1) is 28.4. The maximum Gasteiger partial charge on any atom is 0.326 e. The maximum atomic E-state index is 13.7. The third-order valence-corrected chi connectivity index (χ3v) is 6.40. The van der Waals surface area contributed by atoms with E-state index in [0.29, 0.717) is 25.8 Å². The number of benzene rings is 2. The first-order valence-electron chi connectivity index (χ1n) is 13.2. The van der Waals surface area contributed by atoms with E-state index in [9.17, 15) is 14.4 Å². The van der Waals surface area contributed by atoms with Crippen molar-refractivity contribution in [3.63, 3.8) is 0 Å². The highest BCUT2D eigenvalue weighted by atomic mass is 16.6. The third-order valence-electron chi connectivity index (χ3n) is 6.40. The van der Waals surface area contributed by atoms with Gasteiger partial charge in [-0.25, -0.2) is 0 Å². The number of carbonyl (C=O) groups is 3. The van der Waals surface area contributed by atoms with Crippen LogP contribution in [0.3, 0.4) is 0 Å². The van der Waals surface area contributed by atoms with Crippen LogP contribution in [0.1, 0.15) is 64.0 Å². The van der Waals surface area contributed by atoms with Crippen molar-refractivity contribution in [3.05, 3.63) is 71.8 Å². The molecule has 1 amide bonds. The van der Waals surface area contributed by atoms with Crippen LogP contribution in [0.5, 0.6) is 0 Å². The van der Waals surface area contributed by atoms with Crippen LogP contribution in [0.15, 0.2) is 60.7 Å². The number of carbonyl (C=O) groups excluding carboxylic acids is 3. The van der Waals surface area contributed by atoms with E-state index in [1.165, 1.54) is 0 Å². The standard InChI is InChI=1S/C30H40N2O5/c1-5-36-29(35)26(18-16-22-12-8-6-9-13-22)31-25-19-17-24(23-14-10-7-11-15-23)20-32(28(25)34)21-27(33)37-30(2,3)4/h6-15,24-26,31H,5,16-21H2,1-4H3/t24-,25-,26-/m0/s1. The lowest BCUT2D eigenvalue weighted by Crippen LogP contribution is -2.53. The van der Waals surface area contributed by atoms with Crippen LogP contribution in [0.25, 0.3) is 0 Å². The third kappa shape index (κ3) is 9.01. The molecule has 0 aromatic heterocycles. The van der Waals surface area contributed by atoms with Crippen molar-refractivity contribution in [1.29, 1.82) is 0 Å². The van der Waals surface area contributed by atoms with Crippen LogP contribution in [0.2, 0.25) is 0 Å². The second-order valence-corrected chi connectivity index (χ2v) is 10.5. The fourth-order valence-corrected chi connectivity index (χ4v) is 4.69. The zero-order chi connectivity index (χ0) is 26.8. The summed E-state index contributed by atoms with van der Waals surface area (Å²) < 4.78 is 10.9. The van der Waals surface area contributed by atoms with Gasteiger partial charge in [-0.3, -0.25) is 19.7 Å². The van der Waals surface area contributed by atoms with Gasteiger partial charge in [0.05, 0.1) is 12.6 Å². The Kier molecular flexibility index (Phi) is 10.3. The number of aryl methyl sites for hydroxylation is 1. The van der Waals surface area contributed by atoms with Gasteiger partial charge in [-0.05, 0) is 64.5 Å². The number of hydrogen-bond acceptors (Lipinski definition) is 6. The van der Waals surface area contributed by atoms with Gasteiger partial charge in [0.25, 0.3) is 0 Å². The summed E-state index contributed by atoms with van der Waals surface area (Å²) in [5, 5.41) is 3.31. The average molecular weight is 509 g/mol. The van der Waals surface area contributed by atoms with Gasteiger partial charge in [-0.15, -0.1) is 0 Å². The van der Waals surface area contributed by atoms with E-state index < -0.39 is 23.7 Å². The summed E-state index contributed by atoms with van der Waals surface area (Å²) in [6.07, 6.45) is 2.46. The Morgan fingerprint density at radius 3 is 2.30 bits per heavy atom. The number of ether oxygens (including phenoxy) is 2. The molecule has 1 aliphatic rings. The van der Waals surface area contributed by atoms with Gasteiger partial charge in [0.2, 0.25) is 5.91 Å². The van der Waals surface area contributed by atoms with Crippen molar-refractivity contribution in [3.8, 4) is 0 Å². The number of esters is 2. The minimum atomic E-state index is -0.644. The van der Waals surface area contributed by atoms with Crippen LogP contribution in [-0.4, -0.2) is 60.1 Å². The molecule has 1 fully saturated rings. The van der Waals surface area contributed by atoms with Crippen molar-refractivity contribution in [1.82, 2.24) is 10.2 Å². The number of nitrogens with one attached hydrogen (secondary N) is 1. The normalized spacial score (nSPS) is 19.1. The summed E-state index contributed by atoms with van der Waals surface area (Å²) >= 11 is 0. The molecule has 1 heterocycles. The summed E-state index contributed by atoms with van der Waals surface area (Å²) in [5.74, 6) is -0.934. The molecular weight excluding hydrogens is 468 g/mol. The lowest BCUT2D eigenvalue weighted by atomic mass is 9.93. The van der Waals surface area contributed by atoms with Crippen molar-refractivity contribution < 1.29 is 23.9 Å². The molecule has 3 rings (SSSR count). The second-order valence-electron chi connectivity index (χ2n) is 10.5. The second kappa shape index (κ2) is 13.4. The molecule has 1 N–H and O–H groups in total. The molecule has 7 nitrogen and oxygen atoms in total. The molecule has 0 radical (unpaired) electrons. The van der Waals surface area contributed by atoms with Crippen LogP contribution >= 0.6 is 0 Å². The van der Waals surface area contributed by atoms with Gasteiger partial charge in [0.15, 0.2) is 0 Å². The summed E-state index contributed by atoms with van der Waals surface area (Å²) in [4.78, 5) is 40.8. The lowest BCUT2D eigenvalue weighted by molar-refractivity contribution is -0.159. The topological polar surface area (TPSA) is 84.9 Å². The molecule has 0 unspecified atom stereocenters. The number of hydrogen-bond donors (Lipinski definition) is 1. The molecule has 0 bridgehead atoms. The van der Waals surface area contributed by atoms with Crippen molar-refractivity contribution in [2.75, 3.05) is 19.7 Å². The van der Waals surface area contributed by atoms with Crippen LogP contribution in [-0.2, 0) is 30.3 Å². The molecule has 2 aromatic carbocycles. The molecule has 2 aromatic rings. The minimum absolute atomic E-state index is 0.0738. The van der Waals surface area contributed by atoms with E-state index in [4.69, 9.17) is 9.47 Å². The highest BCUT2D eigenvalue weighted by Gasteiger charge is 2.36. The van der Waals surface area contributed by atoms with E-state index in [1.54, 1.807) is 11.8 Å². The van der Waals surface area contributed by atoms with Gasteiger partial charge in [0.1, 0.15) is 18.2 Å². The Bertz CT molecular complexity index is 1020. The molecule has 7 heteroatoms. The summed E-state index contributed by atoms with van der Waals surface area (Å²) in [7, 11) is 0. The van der Waals surface area contributed by atoms with Crippen LogP contribution in [0, 0.1) is 0 Å². The fourth-order valence-electron chi connectivity index (χ4n) is 4.69. The zero-order valence-electron chi connectivity index (χ0n) is 22.4. The van der Waals surface area contributed by atoms with Gasteiger partial charge in [-0.2, -0.15) is 0 Å². The maximum absolute atomic E-state index is 13.7. The Balaban J connectivity index is 1.80. The minimum Gasteiger partial charge on any atom is -0.465 e. The van der Waals surface area contributed by atoms with Gasteiger partial charge in [-0.1, -0.05) is 60.7 Å². The first-order valence-corrected chi connectivity index (χ1v) is 13.2. The van der Waals surface area contributed by atoms with E-state index in [0.717, 1.165) is 17.5 Å². The predicted molar refractivity (Wildman–Crippen MR) is 143 cm³/mol. The highest BCUT2D eigenvalue weighted by Crippen LogP contribution is 2.28. The van der Waals surface area contributed by atoms with Gasteiger partial charge < -0.3 is 14.4 Å². The summed E-state index contributed by atoms with van der Waals surface area (Å²) in [5.41, 5.74) is 1.59. The average Bonchev–Trinajstić information content (AvgIpc) is 3.00. The Morgan fingerprint density at radius 1 is 1.03 bits per heavy atom. The Labute approximate surface area is 220 Å². The summed E-state index contributed by atoms with van der Waals surface area (Å²) in [6, 6.07) is 18.7. The molecule has 0 spiro atoms. The Morgan fingerprint density at radius 2 is 1.68 bits per heavy atom. The van der Waals surface area contributed by atoms with Crippen molar-refractivity contribution >= 4 is 17.8 Å². The van der Waals surface area contributed by atoms with E-state index in [2.05, 4.69) is 17.4 Å². The SMILES string of the molecule is CCOC(=O)[C@H](CCc1ccccc1)N[C@H]1CC[C@H](c2ccccc2)CN(CC(=O)OC(C)(C)C)C1=O. The molecule has 200 valence electrons. The van der Waals surface area contributed by atoms with E-state index in [-0.39, 0.29) is 30.9 Å². The molecule has 1 saturated heterocycles. The molecule has 1 aliphatic heterocycles. The largest absolute Gasteiger partial charge is 0.465 e. The number of likely N-dealkylation sites (tertiary alicyclic amines) is 1. The van der Waals surface area contributed by atoms with Gasteiger partial charge >= 0.3 is 11.9 Å². The highest BCUT2D eigenvalue weighted by molar-refractivity contribution is 5.87. The molecule has 0 aliphatic carbocycles. The predicted octanol–water partition coefficient (Wildman–Crippen LogP) is 4.26. The lowest BCUT2D eigenvalue weighted by Gasteiger charge is -2.29.